The number of hydrogen-bond donors (Lipinski definition) is 2. The van der Waals surface area contributed by atoms with E-state index in [4.69, 9.17) is 9.40 Å². The van der Waals surface area contributed by atoms with E-state index in [1.54, 1.807) is 31.3 Å². The van der Waals surface area contributed by atoms with Crippen molar-refractivity contribution in [1.29, 1.82) is 0 Å². The van der Waals surface area contributed by atoms with Crippen LogP contribution in [-0.4, -0.2) is 52.7 Å². The number of nitrogens with zero attached hydrogens (tertiary/aromatic N) is 4. The molecule has 2 aromatic carbocycles. The lowest BCUT2D eigenvalue weighted by Crippen LogP contribution is -2.33. The summed E-state index contributed by atoms with van der Waals surface area (Å²) in [6, 6.07) is 13.0. The van der Waals surface area contributed by atoms with Gasteiger partial charge in [0.25, 0.3) is 5.91 Å². The second kappa shape index (κ2) is 11.0. The molecule has 0 spiro atoms. The maximum Gasteiger partial charge on any atom is 0.253 e. The number of anilines is 2. The van der Waals surface area contributed by atoms with Crippen molar-refractivity contribution in [3.8, 4) is 11.3 Å². The van der Waals surface area contributed by atoms with Gasteiger partial charge in [0, 0.05) is 47.7 Å². The van der Waals surface area contributed by atoms with Crippen LogP contribution in [0.15, 0.2) is 64.1 Å². The molecule has 4 aromatic rings. The molecule has 1 fully saturated rings. The topological polar surface area (TPSA) is 95.7 Å². The molecular weight excluding hydrogens is 514 g/mol. The zero-order valence-corrected chi connectivity index (χ0v) is 21.5. The highest BCUT2D eigenvalue weighted by Gasteiger charge is 2.29. The molecule has 8 nitrogen and oxygen atoms in total. The quantitative estimate of drug-likeness (QED) is 0.345. The normalized spacial score (nSPS) is 15.9. The Morgan fingerprint density at radius 1 is 1.12 bits per heavy atom. The lowest BCUT2D eigenvalue weighted by molar-refractivity contribution is 0.0789. The summed E-state index contributed by atoms with van der Waals surface area (Å²) in [5.74, 6) is -0.293. The Morgan fingerprint density at radius 3 is 2.58 bits per heavy atom. The first-order valence-electron chi connectivity index (χ1n) is 12.7. The monoisotopic (exact) mass is 544 g/mol. The zero-order valence-electron chi connectivity index (χ0n) is 21.5. The van der Waals surface area contributed by atoms with E-state index >= 15 is 0 Å². The van der Waals surface area contributed by atoms with Crippen LogP contribution in [-0.2, 0) is 6.54 Å². The number of likely N-dealkylation sites (N-methyl/N-ethyl adjacent to an activating group) is 1. The molecule has 206 valence electrons. The van der Waals surface area contributed by atoms with Gasteiger partial charge in [0.2, 0.25) is 5.95 Å². The fourth-order valence-corrected chi connectivity index (χ4v) is 5.02. The predicted octanol–water partition coefficient (Wildman–Crippen LogP) is 5.49. The number of aliphatic imine (C=N–C) groups is 1. The van der Waals surface area contributed by atoms with Crippen LogP contribution in [0.1, 0.15) is 46.9 Å². The largest absolute Gasteiger partial charge is 0.459 e. The van der Waals surface area contributed by atoms with E-state index < -0.39 is 11.6 Å². The number of rotatable bonds is 5. The van der Waals surface area contributed by atoms with Crippen LogP contribution in [0.25, 0.3) is 11.3 Å². The number of furan rings is 1. The Labute approximate surface area is 231 Å². The van der Waals surface area contributed by atoms with Gasteiger partial charge < -0.3 is 20.0 Å². The van der Waals surface area contributed by atoms with Crippen molar-refractivity contribution >= 4 is 23.3 Å². The lowest BCUT2D eigenvalue weighted by Gasteiger charge is -2.16. The average molecular weight is 545 g/mol. The summed E-state index contributed by atoms with van der Waals surface area (Å²) >= 11 is 0. The van der Waals surface area contributed by atoms with E-state index in [1.807, 2.05) is 24.1 Å². The molecule has 2 aliphatic heterocycles. The first-order valence-corrected chi connectivity index (χ1v) is 12.7. The summed E-state index contributed by atoms with van der Waals surface area (Å²) in [5, 5.41) is 6.40. The van der Waals surface area contributed by atoms with Crippen molar-refractivity contribution in [3.05, 3.63) is 94.6 Å². The standard InChI is InChI=1S/C29H26F2N6O2.CH4/c1-16-12-21-25-18(13-33-26(27(21)39-16)24-22(30)4-3-5-23(24)31)14-34-29(36-25)35-19-8-6-17(7-9-19)28(38)37-11-10-20(15-37)32-2;/h3-9,12,14,20,32H,10-11,13,15H2,1-2H3,(H,34,35,36);1H4. The van der Waals surface area contributed by atoms with Crippen LogP contribution < -0.4 is 10.6 Å². The molecular formula is C30H30F2N6O2. The highest BCUT2D eigenvalue weighted by molar-refractivity contribution is 6.15. The number of benzene rings is 2. The number of aromatic nitrogens is 2. The second-order valence-electron chi connectivity index (χ2n) is 9.66. The highest BCUT2D eigenvalue weighted by Crippen LogP contribution is 2.35. The maximum absolute atomic E-state index is 14.7. The first-order chi connectivity index (χ1) is 18.9. The summed E-state index contributed by atoms with van der Waals surface area (Å²) in [4.78, 5) is 28.3. The third-order valence-electron chi connectivity index (χ3n) is 7.07. The SMILES string of the molecule is C.CNC1CCN(C(=O)c2ccc(Nc3ncc4c(n3)-c3cc(C)oc3C(c3c(F)cccc3F)=NC4)cc2)C1. The third-order valence-corrected chi connectivity index (χ3v) is 7.07. The van der Waals surface area contributed by atoms with Crippen molar-refractivity contribution in [2.75, 3.05) is 25.5 Å². The number of aryl methyl sites for hydroxylation is 1. The van der Waals surface area contributed by atoms with E-state index in [2.05, 4.69) is 20.6 Å². The second-order valence-corrected chi connectivity index (χ2v) is 9.66. The first kappa shape index (κ1) is 27.1. The smallest absolute Gasteiger partial charge is 0.253 e. The number of likely N-dealkylation sites (tertiary alicyclic amines) is 1. The van der Waals surface area contributed by atoms with Crippen LogP contribution in [0, 0.1) is 18.6 Å². The van der Waals surface area contributed by atoms with Crippen molar-refractivity contribution in [2.24, 2.45) is 4.99 Å². The number of hydrogen-bond acceptors (Lipinski definition) is 7. The average Bonchev–Trinajstić information content (AvgIpc) is 3.54. The van der Waals surface area contributed by atoms with Gasteiger partial charge in [-0.05, 0) is 62.9 Å². The summed E-state index contributed by atoms with van der Waals surface area (Å²) in [5.41, 5.74) is 3.03. The molecule has 6 rings (SSSR count). The molecule has 0 bridgehead atoms. The highest BCUT2D eigenvalue weighted by atomic mass is 19.1. The van der Waals surface area contributed by atoms with Gasteiger partial charge in [-0.3, -0.25) is 9.79 Å². The minimum Gasteiger partial charge on any atom is -0.459 e. The van der Waals surface area contributed by atoms with Gasteiger partial charge in [-0.15, -0.1) is 0 Å². The van der Waals surface area contributed by atoms with Crippen molar-refractivity contribution in [3.63, 3.8) is 0 Å². The van der Waals surface area contributed by atoms with E-state index in [9.17, 15) is 13.6 Å². The third kappa shape index (κ3) is 4.98. The number of halogens is 2. The van der Waals surface area contributed by atoms with Crippen LogP contribution in [0.5, 0.6) is 0 Å². The van der Waals surface area contributed by atoms with Gasteiger partial charge in [-0.2, -0.15) is 0 Å². The van der Waals surface area contributed by atoms with Crippen LogP contribution in [0.4, 0.5) is 20.4 Å². The van der Waals surface area contributed by atoms with Crippen molar-refractivity contribution in [2.45, 2.75) is 33.4 Å². The summed E-state index contributed by atoms with van der Waals surface area (Å²) in [6.45, 7) is 3.32. The van der Waals surface area contributed by atoms with Crippen LogP contribution in [0.2, 0.25) is 0 Å². The minimum atomic E-state index is -0.721. The van der Waals surface area contributed by atoms with Gasteiger partial charge in [0.1, 0.15) is 23.1 Å². The van der Waals surface area contributed by atoms with Gasteiger partial charge in [-0.25, -0.2) is 18.7 Å². The summed E-state index contributed by atoms with van der Waals surface area (Å²) < 4.78 is 35.2. The number of nitrogens with one attached hydrogen (secondary N) is 2. The van der Waals surface area contributed by atoms with Crippen molar-refractivity contribution in [1.82, 2.24) is 20.2 Å². The lowest BCUT2D eigenvalue weighted by atomic mass is 10.0. The molecule has 1 amide bonds. The van der Waals surface area contributed by atoms with Gasteiger partial charge in [-0.1, -0.05) is 13.5 Å². The number of carbonyl (C=O) groups excluding carboxylic acids is 1. The Bertz CT molecular complexity index is 1580. The van der Waals surface area contributed by atoms with Gasteiger partial charge in [0.15, 0.2) is 5.76 Å². The maximum atomic E-state index is 14.7. The molecule has 1 saturated heterocycles. The Balaban J connectivity index is 0.00000323. The molecule has 1 unspecified atom stereocenters. The molecule has 40 heavy (non-hydrogen) atoms. The Hall–Kier alpha value is -4.44. The number of amides is 1. The molecule has 2 aromatic heterocycles. The Kier molecular flexibility index (Phi) is 7.44. The molecule has 0 aliphatic carbocycles. The van der Waals surface area contributed by atoms with E-state index in [1.165, 1.54) is 18.2 Å². The number of carbonyl (C=O) groups is 1. The van der Waals surface area contributed by atoms with Gasteiger partial charge >= 0.3 is 0 Å². The molecule has 0 radical (unpaired) electrons. The molecule has 10 heteroatoms. The summed E-state index contributed by atoms with van der Waals surface area (Å²) in [6.07, 6.45) is 2.58. The zero-order chi connectivity index (χ0) is 27.1. The fraction of sp³-hybridized carbons (Fsp3) is 0.267. The van der Waals surface area contributed by atoms with Crippen LogP contribution >= 0.6 is 0 Å². The molecule has 2 aliphatic rings. The van der Waals surface area contributed by atoms with Crippen LogP contribution in [0.3, 0.4) is 0 Å². The summed E-state index contributed by atoms with van der Waals surface area (Å²) in [7, 11) is 1.91. The number of fused-ring (bicyclic) bond motifs is 3. The van der Waals surface area contributed by atoms with E-state index in [0.29, 0.717) is 52.4 Å². The Morgan fingerprint density at radius 2 is 1.88 bits per heavy atom. The minimum absolute atomic E-state index is 0. The molecule has 1 atom stereocenters. The molecule has 2 N–H and O–H groups in total. The fourth-order valence-electron chi connectivity index (χ4n) is 5.02. The van der Waals surface area contributed by atoms with Crippen molar-refractivity contribution < 1.29 is 18.0 Å². The van der Waals surface area contributed by atoms with Gasteiger partial charge in [0.05, 0.1) is 17.8 Å². The van der Waals surface area contributed by atoms with E-state index in [-0.39, 0.29) is 36.9 Å². The van der Waals surface area contributed by atoms with E-state index in [0.717, 1.165) is 13.0 Å². The molecule has 0 saturated carbocycles. The molecule has 4 heterocycles. The predicted molar refractivity (Wildman–Crippen MR) is 150 cm³/mol.